The predicted octanol–water partition coefficient (Wildman–Crippen LogP) is 1.95. The molecular formula is C13H18ClFN2O. The van der Waals surface area contributed by atoms with Crippen molar-refractivity contribution in [2.75, 3.05) is 26.3 Å². The minimum absolute atomic E-state index is 0.217. The molecule has 0 amide bonds. The van der Waals surface area contributed by atoms with Crippen LogP contribution in [0.5, 0.6) is 0 Å². The molecule has 1 fully saturated rings. The van der Waals surface area contributed by atoms with Crippen LogP contribution in [-0.4, -0.2) is 32.3 Å². The Morgan fingerprint density at radius 1 is 1.50 bits per heavy atom. The molecule has 1 aromatic carbocycles. The maximum atomic E-state index is 13.4. The zero-order valence-corrected chi connectivity index (χ0v) is 11.0. The highest BCUT2D eigenvalue weighted by atomic mass is 35.5. The lowest BCUT2D eigenvalue weighted by Crippen LogP contribution is -2.42. The Morgan fingerprint density at radius 2 is 2.39 bits per heavy atom. The van der Waals surface area contributed by atoms with Crippen molar-refractivity contribution in [2.24, 2.45) is 0 Å². The lowest BCUT2D eigenvalue weighted by atomic mass is 10.2. The molecule has 1 aromatic rings. The van der Waals surface area contributed by atoms with E-state index in [1.165, 1.54) is 6.07 Å². The highest BCUT2D eigenvalue weighted by Gasteiger charge is 2.12. The SMILES string of the molecule is Fc1ccc(Cl)cc1CNCCC1COCCN1. The summed E-state index contributed by atoms with van der Waals surface area (Å²) in [6, 6.07) is 5.02. The Labute approximate surface area is 112 Å². The Bertz CT molecular complexity index is 383. The maximum Gasteiger partial charge on any atom is 0.127 e. The van der Waals surface area contributed by atoms with Gasteiger partial charge in [0.15, 0.2) is 0 Å². The first-order chi connectivity index (χ1) is 8.75. The number of rotatable bonds is 5. The van der Waals surface area contributed by atoms with Crippen LogP contribution in [0.4, 0.5) is 4.39 Å². The molecule has 5 heteroatoms. The van der Waals surface area contributed by atoms with Gasteiger partial charge < -0.3 is 15.4 Å². The monoisotopic (exact) mass is 272 g/mol. The Hall–Kier alpha value is -0.680. The summed E-state index contributed by atoms with van der Waals surface area (Å²) in [4.78, 5) is 0. The van der Waals surface area contributed by atoms with Gasteiger partial charge in [-0.15, -0.1) is 0 Å². The third-order valence-electron chi connectivity index (χ3n) is 2.99. The van der Waals surface area contributed by atoms with E-state index < -0.39 is 0 Å². The van der Waals surface area contributed by atoms with Crippen LogP contribution < -0.4 is 10.6 Å². The summed E-state index contributed by atoms with van der Waals surface area (Å²) < 4.78 is 18.8. The van der Waals surface area contributed by atoms with Gasteiger partial charge in [0, 0.05) is 29.7 Å². The maximum absolute atomic E-state index is 13.4. The van der Waals surface area contributed by atoms with Crippen molar-refractivity contribution >= 4 is 11.6 Å². The van der Waals surface area contributed by atoms with Crippen LogP contribution in [0.3, 0.4) is 0 Å². The average Bonchev–Trinajstić information content (AvgIpc) is 2.40. The summed E-state index contributed by atoms with van der Waals surface area (Å²) in [6.07, 6.45) is 0.974. The highest BCUT2D eigenvalue weighted by molar-refractivity contribution is 6.30. The van der Waals surface area contributed by atoms with E-state index >= 15 is 0 Å². The largest absolute Gasteiger partial charge is 0.379 e. The minimum Gasteiger partial charge on any atom is -0.379 e. The van der Waals surface area contributed by atoms with E-state index in [2.05, 4.69) is 10.6 Å². The number of benzene rings is 1. The predicted molar refractivity (Wildman–Crippen MR) is 70.3 cm³/mol. The number of hydrogen-bond acceptors (Lipinski definition) is 3. The zero-order chi connectivity index (χ0) is 12.8. The molecule has 100 valence electrons. The van der Waals surface area contributed by atoms with Gasteiger partial charge in [-0.2, -0.15) is 0 Å². The van der Waals surface area contributed by atoms with Crippen molar-refractivity contribution in [1.82, 2.24) is 10.6 Å². The van der Waals surface area contributed by atoms with E-state index in [0.29, 0.717) is 23.2 Å². The van der Waals surface area contributed by atoms with E-state index in [-0.39, 0.29) is 5.82 Å². The lowest BCUT2D eigenvalue weighted by Gasteiger charge is -2.23. The fourth-order valence-electron chi connectivity index (χ4n) is 1.98. The fourth-order valence-corrected chi connectivity index (χ4v) is 2.18. The summed E-state index contributed by atoms with van der Waals surface area (Å²) in [7, 11) is 0. The molecule has 0 aliphatic carbocycles. The molecule has 0 saturated carbocycles. The van der Waals surface area contributed by atoms with E-state index in [0.717, 1.165) is 32.7 Å². The topological polar surface area (TPSA) is 33.3 Å². The molecule has 0 bridgehead atoms. The van der Waals surface area contributed by atoms with Gasteiger partial charge >= 0.3 is 0 Å². The van der Waals surface area contributed by atoms with E-state index in [9.17, 15) is 4.39 Å². The van der Waals surface area contributed by atoms with Crippen molar-refractivity contribution in [2.45, 2.75) is 19.0 Å². The van der Waals surface area contributed by atoms with Gasteiger partial charge in [0.25, 0.3) is 0 Å². The molecule has 2 N–H and O–H groups in total. The van der Waals surface area contributed by atoms with Gasteiger partial charge in [-0.25, -0.2) is 4.39 Å². The molecule has 1 saturated heterocycles. The van der Waals surface area contributed by atoms with Crippen LogP contribution in [0, 0.1) is 5.82 Å². The number of ether oxygens (including phenoxy) is 1. The normalized spacial score (nSPS) is 20.0. The fraction of sp³-hybridized carbons (Fsp3) is 0.538. The number of nitrogens with one attached hydrogen (secondary N) is 2. The van der Waals surface area contributed by atoms with Gasteiger partial charge in [-0.05, 0) is 31.2 Å². The number of hydrogen-bond donors (Lipinski definition) is 2. The van der Waals surface area contributed by atoms with Crippen molar-refractivity contribution in [3.8, 4) is 0 Å². The molecule has 3 nitrogen and oxygen atoms in total. The smallest absolute Gasteiger partial charge is 0.127 e. The standard InChI is InChI=1S/C13H18ClFN2O/c14-11-1-2-13(15)10(7-11)8-16-4-3-12-9-18-6-5-17-12/h1-2,7,12,16-17H,3-6,8-9H2. The van der Waals surface area contributed by atoms with Crippen LogP contribution in [-0.2, 0) is 11.3 Å². The van der Waals surface area contributed by atoms with Gasteiger partial charge in [0.2, 0.25) is 0 Å². The third kappa shape index (κ3) is 4.21. The zero-order valence-electron chi connectivity index (χ0n) is 10.2. The molecule has 18 heavy (non-hydrogen) atoms. The Kier molecular flexibility index (Phi) is 5.38. The van der Waals surface area contributed by atoms with E-state index in [1.54, 1.807) is 12.1 Å². The van der Waals surface area contributed by atoms with Gasteiger partial charge in [0.05, 0.1) is 13.2 Å². The third-order valence-corrected chi connectivity index (χ3v) is 3.23. The van der Waals surface area contributed by atoms with Crippen molar-refractivity contribution in [3.63, 3.8) is 0 Å². The second kappa shape index (κ2) is 7.04. The van der Waals surface area contributed by atoms with Crippen LogP contribution in [0.15, 0.2) is 18.2 Å². The molecule has 1 aliphatic heterocycles. The number of halogens is 2. The van der Waals surface area contributed by atoms with Gasteiger partial charge in [-0.1, -0.05) is 11.6 Å². The van der Waals surface area contributed by atoms with Crippen molar-refractivity contribution in [3.05, 3.63) is 34.6 Å². The second-order valence-corrected chi connectivity index (χ2v) is 4.86. The number of morpholine rings is 1. The summed E-state index contributed by atoms with van der Waals surface area (Å²) >= 11 is 5.83. The average molecular weight is 273 g/mol. The first-order valence-corrected chi connectivity index (χ1v) is 6.59. The molecule has 1 heterocycles. The highest BCUT2D eigenvalue weighted by Crippen LogP contribution is 2.14. The molecule has 0 spiro atoms. The van der Waals surface area contributed by atoms with Gasteiger partial charge in [-0.3, -0.25) is 0 Å². The molecule has 0 radical (unpaired) electrons. The molecule has 2 rings (SSSR count). The van der Waals surface area contributed by atoms with E-state index in [1.807, 2.05) is 0 Å². The van der Waals surface area contributed by atoms with Gasteiger partial charge in [0.1, 0.15) is 5.82 Å². The quantitative estimate of drug-likeness (QED) is 0.804. The van der Waals surface area contributed by atoms with Crippen LogP contribution in [0.25, 0.3) is 0 Å². The van der Waals surface area contributed by atoms with E-state index in [4.69, 9.17) is 16.3 Å². The first-order valence-electron chi connectivity index (χ1n) is 6.21. The van der Waals surface area contributed by atoms with Crippen LogP contribution in [0.1, 0.15) is 12.0 Å². The molecule has 0 aromatic heterocycles. The molecule has 1 aliphatic rings. The summed E-state index contributed by atoms with van der Waals surface area (Å²) in [5.74, 6) is -0.217. The lowest BCUT2D eigenvalue weighted by molar-refractivity contribution is 0.0742. The first kappa shape index (κ1) is 13.7. The second-order valence-electron chi connectivity index (χ2n) is 4.43. The van der Waals surface area contributed by atoms with Crippen molar-refractivity contribution < 1.29 is 9.13 Å². The Balaban J connectivity index is 1.69. The minimum atomic E-state index is -0.217. The van der Waals surface area contributed by atoms with Crippen molar-refractivity contribution in [1.29, 1.82) is 0 Å². The Morgan fingerprint density at radius 3 is 3.17 bits per heavy atom. The summed E-state index contributed by atoms with van der Waals surface area (Å²) in [6.45, 7) is 3.78. The molecule has 1 atom stereocenters. The summed E-state index contributed by atoms with van der Waals surface area (Å²) in [5, 5.41) is 7.17. The van der Waals surface area contributed by atoms with Crippen LogP contribution in [0.2, 0.25) is 5.02 Å². The molecular weight excluding hydrogens is 255 g/mol. The van der Waals surface area contributed by atoms with Crippen LogP contribution >= 0.6 is 11.6 Å². The summed E-state index contributed by atoms with van der Waals surface area (Å²) in [5.41, 5.74) is 0.607. The molecule has 1 unspecified atom stereocenters.